The second kappa shape index (κ2) is 5.82. The maximum atomic E-state index is 11.4. The van der Waals surface area contributed by atoms with Crippen LogP contribution in [0.25, 0.3) is 0 Å². The van der Waals surface area contributed by atoms with E-state index in [9.17, 15) is 4.79 Å². The number of carbonyl (C=O) groups excluding carboxylic acids is 1. The predicted octanol–water partition coefficient (Wildman–Crippen LogP) is 4.82. The average Bonchev–Trinajstić information content (AvgIpc) is 2.79. The summed E-state index contributed by atoms with van der Waals surface area (Å²) in [4.78, 5) is 11.6. The summed E-state index contributed by atoms with van der Waals surface area (Å²) in [5, 5.41) is 3.51. The zero-order valence-corrected chi connectivity index (χ0v) is 14.0. The molecule has 21 heavy (non-hydrogen) atoms. The molecule has 2 nitrogen and oxygen atoms in total. The molecule has 1 amide bonds. The molecule has 1 unspecified atom stereocenters. The molecule has 0 saturated heterocycles. The Kier molecular flexibility index (Phi) is 4.05. The van der Waals surface area contributed by atoms with Crippen LogP contribution in [-0.4, -0.2) is 5.91 Å². The summed E-state index contributed by atoms with van der Waals surface area (Å²) in [6.45, 7) is 2.08. The topological polar surface area (TPSA) is 29.1 Å². The second-order valence-electron chi connectivity index (χ2n) is 5.41. The second-order valence-corrected chi connectivity index (χ2v) is 6.93. The molecule has 1 atom stereocenters. The number of nitrogens with one attached hydrogen (secondary N) is 1. The number of aryl methyl sites for hydroxylation is 1. The Morgan fingerprint density at radius 2 is 2.00 bits per heavy atom. The summed E-state index contributed by atoms with van der Waals surface area (Å²) in [5.74, 6) is 0.0304. The lowest BCUT2D eigenvalue weighted by atomic mass is 10.0. The fraction of sp³-hybridized carbons (Fsp3) is 0.235. The van der Waals surface area contributed by atoms with Gasteiger partial charge in [0.1, 0.15) is 0 Å². The molecule has 0 bridgehead atoms. The first-order valence-corrected chi connectivity index (χ1v) is 8.14. The highest BCUT2D eigenvalue weighted by molar-refractivity contribution is 9.09. The van der Waals surface area contributed by atoms with Crippen LogP contribution in [0.1, 0.15) is 27.1 Å². The van der Waals surface area contributed by atoms with E-state index >= 15 is 0 Å². The summed E-state index contributed by atoms with van der Waals surface area (Å²) in [7, 11) is 0. The quantitative estimate of drug-likeness (QED) is 0.777. The Hall–Kier alpha value is -1.32. The summed E-state index contributed by atoms with van der Waals surface area (Å²) in [6.07, 6.45) is 1.30. The number of halogens is 2. The minimum absolute atomic E-state index is 0.0304. The van der Waals surface area contributed by atoms with Gasteiger partial charge in [-0.25, -0.2) is 0 Å². The molecule has 4 heteroatoms. The molecule has 1 aliphatic heterocycles. The third kappa shape index (κ3) is 3.14. The van der Waals surface area contributed by atoms with Crippen LogP contribution in [0.3, 0.4) is 0 Å². The molecule has 2 aromatic carbocycles. The summed E-state index contributed by atoms with van der Waals surface area (Å²) < 4.78 is 0. The molecule has 0 aromatic heterocycles. The monoisotopic (exact) mass is 363 g/mol. The Labute approximate surface area is 137 Å². The molecule has 3 rings (SSSR count). The van der Waals surface area contributed by atoms with E-state index in [1.165, 1.54) is 11.1 Å². The zero-order chi connectivity index (χ0) is 15.0. The predicted molar refractivity (Wildman–Crippen MR) is 90.3 cm³/mol. The number of fused-ring (bicyclic) bond motifs is 1. The third-order valence-electron chi connectivity index (χ3n) is 3.72. The largest absolute Gasteiger partial charge is 0.325 e. The van der Waals surface area contributed by atoms with E-state index < -0.39 is 0 Å². The van der Waals surface area contributed by atoms with Gasteiger partial charge in [0.25, 0.3) is 0 Å². The summed E-state index contributed by atoms with van der Waals surface area (Å²) in [6, 6.07) is 12.4. The minimum Gasteiger partial charge on any atom is -0.325 e. The van der Waals surface area contributed by atoms with Gasteiger partial charge in [-0.15, -0.1) is 0 Å². The van der Waals surface area contributed by atoms with Crippen molar-refractivity contribution in [2.75, 3.05) is 5.32 Å². The van der Waals surface area contributed by atoms with Crippen molar-refractivity contribution in [1.29, 1.82) is 0 Å². The van der Waals surface area contributed by atoms with E-state index in [4.69, 9.17) is 11.6 Å². The van der Waals surface area contributed by atoms with Crippen LogP contribution in [0, 0.1) is 6.92 Å². The highest BCUT2D eigenvalue weighted by Crippen LogP contribution is 2.37. The molecule has 2 aromatic rings. The van der Waals surface area contributed by atoms with Gasteiger partial charge in [0.2, 0.25) is 5.91 Å². The van der Waals surface area contributed by atoms with Crippen LogP contribution in [-0.2, 0) is 17.6 Å². The van der Waals surface area contributed by atoms with Gasteiger partial charge >= 0.3 is 0 Å². The van der Waals surface area contributed by atoms with Gasteiger partial charge in [-0.05, 0) is 36.1 Å². The first kappa shape index (κ1) is 14.6. The number of amides is 1. The maximum Gasteiger partial charge on any atom is 0.228 e. The number of hydrogen-bond acceptors (Lipinski definition) is 1. The van der Waals surface area contributed by atoms with Crippen LogP contribution < -0.4 is 5.32 Å². The van der Waals surface area contributed by atoms with Crippen LogP contribution in [0.15, 0.2) is 36.4 Å². The summed E-state index contributed by atoms with van der Waals surface area (Å²) >= 11 is 10.1. The van der Waals surface area contributed by atoms with Crippen molar-refractivity contribution in [3.05, 3.63) is 63.7 Å². The van der Waals surface area contributed by atoms with Gasteiger partial charge < -0.3 is 5.32 Å². The van der Waals surface area contributed by atoms with E-state index in [1.54, 1.807) is 0 Å². The Morgan fingerprint density at radius 1 is 1.29 bits per heavy atom. The van der Waals surface area contributed by atoms with Crippen molar-refractivity contribution in [3.63, 3.8) is 0 Å². The van der Waals surface area contributed by atoms with Gasteiger partial charge in [-0.3, -0.25) is 4.79 Å². The number of anilines is 1. The smallest absolute Gasteiger partial charge is 0.228 e. The number of hydrogen-bond donors (Lipinski definition) is 1. The van der Waals surface area contributed by atoms with Crippen LogP contribution in [0.5, 0.6) is 0 Å². The summed E-state index contributed by atoms with van der Waals surface area (Å²) in [5.41, 5.74) is 5.40. The highest BCUT2D eigenvalue weighted by atomic mass is 79.9. The molecule has 0 radical (unpaired) electrons. The van der Waals surface area contributed by atoms with Crippen LogP contribution >= 0.6 is 27.5 Å². The number of rotatable bonds is 3. The van der Waals surface area contributed by atoms with Crippen molar-refractivity contribution in [2.45, 2.75) is 24.6 Å². The van der Waals surface area contributed by atoms with Crippen molar-refractivity contribution in [3.8, 4) is 0 Å². The molecule has 1 aliphatic rings. The minimum atomic E-state index is 0.0304. The average molecular weight is 365 g/mol. The van der Waals surface area contributed by atoms with Gasteiger partial charge in [0, 0.05) is 15.5 Å². The highest BCUT2D eigenvalue weighted by Gasteiger charge is 2.22. The van der Waals surface area contributed by atoms with Crippen molar-refractivity contribution in [1.82, 2.24) is 0 Å². The Morgan fingerprint density at radius 3 is 2.71 bits per heavy atom. The van der Waals surface area contributed by atoms with E-state index in [2.05, 4.69) is 52.4 Å². The molecular formula is C17H15BrClNO. The van der Waals surface area contributed by atoms with Gasteiger partial charge in [-0.2, -0.15) is 0 Å². The number of alkyl halides is 1. The van der Waals surface area contributed by atoms with Crippen molar-refractivity contribution < 1.29 is 4.79 Å². The normalized spacial score (nSPS) is 14.7. The number of benzene rings is 2. The van der Waals surface area contributed by atoms with E-state index in [-0.39, 0.29) is 10.7 Å². The molecule has 1 N–H and O–H groups in total. The molecule has 108 valence electrons. The van der Waals surface area contributed by atoms with E-state index in [1.807, 2.05) is 12.1 Å². The first-order chi connectivity index (χ1) is 10.0. The fourth-order valence-electron chi connectivity index (χ4n) is 2.55. The standard InChI is InChI=1S/C17H15BrClNO/c1-10-2-4-11(5-3-10)6-14(18)13-7-12-8-17(21)20-16(12)9-15(13)19/h2-5,7,9,14H,6,8H2,1H3,(H,20,21). The molecule has 0 saturated carbocycles. The van der Waals surface area contributed by atoms with Gasteiger partial charge in [-0.1, -0.05) is 63.4 Å². The lowest BCUT2D eigenvalue weighted by molar-refractivity contribution is -0.115. The maximum absolute atomic E-state index is 11.4. The zero-order valence-electron chi connectivity index (χ0n) is 11.6. The van der Waals surface area contributed by atoms with Gasteiger partial charge in [0.05, 0.1) is 6.42 Å². The third-order valence-corrected chi connectivity index (χ3v) is 4.86. The van der Waals surface area contributed by atoms with Crippen LogP contribution in [0.2, 0.25) is 5.02 Å². The van der Waals surface area contributed by atoms with Crippen molar-refractivity contribution in [2.24, 2.45) is 0 Å². The fourth-order valence-corrected chi connectivity index (χ4v) is 3.73. The molecule has 1 heterocycles. The van der Waals surface area contributed by atoms with Crippen LogP contribution in [0.4, 0.5) is 5.69 Å². The molecule has 0 aliphatic carbocycles. The lowest BCUT2D eigenvalue weighted by Crippen LogP contribution is -2.03. The Balaban J connectivity index is 1.85. The first-order valence-electron chi connectivity index (χ1n) is 6.84. The molecule has 0 spiro atoms. The molecular weight excluding hydrogens is 350 g/mol. The molecule has 0 fully saturated rings. The Bertz CT molecular complexity index is 697. The van der Waals surface area contributed by atoms with E-state index in [0.29, 0.717) is 11.4 Å². The SMILES string of the molecule is Cc1ccc(CC(Br)c2cc3c(cc2Cl)NC(=O)C3)cc1. The van der Waals surface area contributed by atoms with Crippen molar-refractivity contribution >= 4 is 39.1 Å². The lowest BCUT2D eigenvalue weighted by Gasteiger charge is -2.14. The van der Waals surface area contributed by atoms with E-state index in [0.717, 1.165) is 23.2 Å². The number of carbonyl (C=O) groups is 1. The van der Waals surface area contributed by atoms with Gasteiger partial charge in [0.15, 0.2) is 0 Å².